The minimum atomic E-state index is -0.0261. The number of benzene rings is 1. The molecule has 0 spiro atoms. The van der Waals surface area contributed by atoms with E-state index in [1.165, 1.54) is 11.1 Å². The third kappa shape index (κ3) is 4.22. The van der Waals surface area contributed by atoms with Crippen molar-refractivity contribution < 1.29 is 4.74 Å². The minimum Gasteiger partial charge on any atom is -0.458 e. The average Bonchev–Trinajstić information content (AvgIpc) is 2.50. The molecular weight excluding hydrogens is 256 g/mol. The van der Waals surface area contributed by atoms with E-state index in [2.05, 4.69) is 57.7 Å². The molecular formula is C20H26O. The molecule has 1 nitrogen and oxygen atoms in total. The van der Waals surface area contributed by atoms with Gasteiger partial charge in [0.1, 0.15) is 11.5 Å². The van der Waals surface area contributed by atoms with Crippen molar-refractivity contribution in [3.05, 3.63) is 78.1 Å². The van der Waals surface area contributed by atoms with E-state index in [0.29, 0.717) is 0 Å². The summed E-state index contributed by atoms with van der Waals surface area (Å²) >= 11 is 0. The Labute approximate surface area is 129 Å². The topological polar surface area (TPSA) is 9.23 Å². The number of allylic oxidation sites excluding steroid dienone is 6. The molecule has 0 N–H and O–H groups in total. The van der Waals surface area contributed by atoms with Crippen LogP contribution < -0.4 is 4.74 Å². The summed E-state index contributed by atoms with van der Waals surface area (Å²) in [6.07, 6.45) is 10.0. The van der Waals surface area contributed by atoms with Crippen LogP contribution in [0.3, 0.4) is 0 Å². The molecule has 0 bridgehead atoms. The Hall–Kier alpha value is -2.02. The van der Waals surface area contributed by atoms with Gasteiger partial charge in [0.15, 0.2) is 0 Å². The molecule has 0 heterocycles. The molecule has 0 atom stereocenters. The van der Waals surface area contributed by atoms with Crippen LogP contribution in [0.1, 0.15) is 40.2 Å². The maximum Gasteiger partial charge on any atom is 0.127 e. The van der Waals surface area contributed by atoms with E-state index in [1.807, 2.05) is 32.1 Å². The molecule has 0 amide bonds. The highest BCUT2D eigenvalue weighted by Gasteiger charge is 2.23. The van der Waals surface area contributed by atoms with Crippen molar-refractivity contribution in [1.29, 1.82) is 0 Å². The Kier molecular flexibility index (Phi) is 6.23. The third-order valence-electron chi connectivity index (χ3n) is 3.68. The summed E-state index contributed by atoms with van der Waals surface area (Å²) in [5.41, 5.74) is 2.54. The molecule has 0 fully saturated rings. The zero-order valence-electron chi connectivity index (χ0n) is 13.8. The van der Waals surface area contributed by atoms with Gasteiger partial charge in [-0.15, -0.1) is 0 Å². The summed E-state index contributed by atoms with van der Waals surface area (Å²) in [5.74, 6) is 1.60. The summed E-state index contributed by atoms with van der Waals surface area (Å²) in [4.78, 5) is 0. The van der Waals surface area contributed by atoms with Crippen molar-refractivity contribution >= 4 is 0 Å². The van der Waals surface area contributed by atoms with Gasteiger partial charge in [0.2, 0.25) is 0 Å². The molecule has 0 aliphatic heterocycles. The third-order valence-corrected chi connectivity index (χ3v) is 3.68. The quantitative estimate of drug-likeness (QED) is 0.462. The molecule has 1 rings (SSSR count). The second-order valence-corrected chi connectivity index (χ2v) is 5.39. The second kappa shape index (κ2) is 7.68. The highest BCUT2D eigenvalue weighted by molar-refractivity contribution is 5.42. The Morgan fingerprint density at radius 2 is 1.67 bits per heavy atom. The first-order valence-corrected chi connectivity index (χ1v) is 7.36. The van der Waals surface area contributed by atoms with Gasteiger partial charge in [-0.3, -0.25) is 0 Å². The van der Waals surface area contributed by atoms with Crippen molar-refractivity contribution in [3.8, 4) is 5.75 Å². The molecule has 0 saturated heterocycles. The fourth-order valence-electron chi connectivity index (χ4n) is 2.31. The van der Waals surface area contributed by atoms with Crippen molar-refractivity contribution in [3.63, 3.8) is 0 Å². The molecule has 0 aliphatic rings. The molecule has 0 aliphatic carbocycles. The van der Waals surface area contributed by atoms with Gasteiger partial charge in [0.05, 0.1) is 0 Å². The predicted octanol–water partition coefficient (Wildman–Crippen LogP) is 5.96. The number of hydrogen-bond acceptors (Lipinski definition) is 1. The lowest BCUT2D eigenvalue weighted by molar-refractivity contribution is 0.443. The highest BCUT2D eigenvalue weighted by atomic mass is 16.5. The van der Waals surface area contributed by atoms with Gasteiger partial charge in [-0.05, 0) is 56.2 Å². The lowest BCUT2D eigenvalue weighted by Crippen LogP contribution is -2.19. The Bertz CT molecular complexity index is 554. The van der Waals surface area contributed by atoms with E-state index in [4.69, 9.17) is 4.74 Å². The Balaban J connectivity index is 3.03. The molecule has 0 unspecified atom stereocenters. The van der Waals surface area contributed by atoms with Crippen LogP contribution >= 0.6 is 0 Å². The van der Waals surface area contributed by atoms with Crippen LogP contribution in [-0.4, -0.2) is 0 Å². The van der Waals surface area contributed by atoms with Crippen LogP contribution in [0.25, 0.3) is 0 Å². The maximum atomic E-state index is 5.73. The van der Waals surface area contributed by atoms with Gasteiger partial charge < -0.3 is 4.74 Å². The molecule has 21 heavy (non-hydrogen) atoms. The number of rotatable bonds is 6. The monoisotopic (exact) mass is 282 g/mol. The van der Waals surface area contributed by atoms with Crippen molar-refractivity contribution in [2.75, 3.05) is 0 Å². The zero-order valence-corrected chi connectivity index (χ0v) is 13.8. The maximum absolute atomic E-state index is 5.73. The van der Waals surface area contributed by atoms with E-state index >= 15 is 0 Å². The van der Waals surface area contributed by atoms with Crippen LogP contribution in [0, 0.1) is 0 Å². The number of ether oxygens (including phenoxy) is 1. The van der Waals surface area contributed by atoms with Gasteiger partial charge in [0.25, 0.3) is 0 Å². The highest BCUT2D eigenvalue weighted by Crippen LogP contribution is 2.33. The van der Waals surface area contributed by atoms with E-state index in [-0.39, 0.29) is 5.41 Å². The molecule has 0 aromatic heterocycles. The lowest BCUT2D eigenvalue weighted by atomic mass is 9.77. The van der Waals surface area contributed by atoms with Crippen LogP contribution in [0.5, 0.6) is 5.75 Å². The van der Waals surface area contributed by atoms with Crippen LogP contribution in [0.2, 0.25) is 0 Å². The Morgan fingerprint density at radius 1 is 1.05 bits per heavy atom. The fourth-order valence-corrected chi connectivity index (χ4v) is 2.31. The largest absolute Gasteiger partial charge is 0.458 e. The number of hydrogen-bond donors (Lipinski definition) is 0. The first-order valence-electron chi connectivity index (χ1n) is 7.36. The predicted molar refractivity (Wildman–Crippen MR) is 92.6 cm³/mol. The summed E-state index contributed by atoms with van der Waals surface area (Å²) in [6.45, 7) is 14.3. The van der Waals surface area contributed by atoms with Gasteiger partial charge >= 0.3 is 0 Å². The molecule has 1 heteroatoms. The van der Waals surface area contributed by atoms with Gasteiger partial charge in [-0.2, -0.15) is 0 Å². The summed E-state index contributed by atoms with van der Waals surface area (Å²) < 4.78 is 5.73. The summed E-state index contributed by atoms with van der Waals surface area (Å²) in [6, 6.07) is 8.26. The van der Waals surface area contributed by atoms with E-state index in [0.717, 1.165) is 11.5 Å². The fraction of sp³-hybridized carbons (Fsp3) is 0.300. The zero-order chi connectivity index (χ0) is 15.9. The van der Waals surface area contributed by atoms with Gasteiger partial charge in [0, 0.05) is 5.41 Å². The minimum absolute atomic E-state index is 0.0261. The molecule has 0 saturated carbocycles. The van der Waals surface area contributed by atoms with Crippen LogP contribution in [0.4, 0.5) is 0 Å². The van der Waals surface area contributed by atoms with E-state index in [9.17, 15) is 0 Å². The smallest absolute Gasteiger partial charge is 0.127 e. The average molecular weight is 282 g/mol. The van der Waals surface area contributed by atoms with Crippen LogP contribution in [0.15, 0.2) is 72.6 Å². The van der Waals surface area contributed by atoms with Crippen molar-refractivity contribution in [2.24, 2.45) is 0 Å². The standard InChI is InChI=1S/C20H26O/c1-7-11-16(8-2)20(5,6)17-12-14-19(15-13-17)21-18(9-3)10-4/h7-15H,3H2,1-2,4-6H3/b11-7-,16-8+,18-10+. The molecule has 1 aromatic rings. The molecule has 1 aromatic carbocycles. The second-order valence-electron chi connectivity index (χ2n) is 5.39. The van der Waals surface area contributed by atoms with Crippen molar-refractivity contribution in [2.45, 2.75) is 40.0 Å². The lowest BCUT2D eigenvalue weighted by Gasteiger charge is -2.27. The van der Waals surface area contributed by atoms with Crippen LogP contribution in [-0.2, 0) is 5.41 Å². The van der Waals surface area contributed by atoms with Gasteiger partial charge in [-0.25, -0.2) is 0 Å². The normalized spacial score (nSPS) is 13.6. The Morgan fingerprint density at radius 3 is 2.10 bits per heavy atom. The summed E-state index contributed by atoms with van der Waals surface area (Å²) in [5, 5.41) is 0. The van der Waals surface area contributed by atoms with Crippen molar-refractivity contribution in [1.82, 2.24) is 0 Å². The van der Waals surface area contributed by atoms with E-state index in [1.54, 1.807) is 6.08 Å². The molecule has 112 valence electrons. The van der Waals surface area contributed by atoms with Gasteiger partial charge in [-0.1, -0.05) is 50.8 Å². The summed E-state index contributed by atoms with van der Waals surface area (Å²) in [7, 11) is 0. The SMILES string of the molecule is C=C/C(=C\C)Oc1ccc(C(C)(C)C(/C=C\C)=C/C)cc1. The molecule has 0 radical (unpaired) electrons. The first-order chi connectivity index (χ1) is 9.99. The van der Waals surface area contributed by atoms with E-state index < -0.39 is 0 Å². The first kappa shape index (κ1) is 17.0.